The minimum absolute atomic E-state index is 0.167. The van der Waals surface area contributed by atoms with Crippen molar-refractivity contribution in [3.63, 3.8) is 0 Å². The van der Waals surface area contributed by atoms with Gasteiger partial charge in [0, 0.05) is 16.8 Å². The zero-order chi connectivity index (χ0) is 15.5. The molecule has 0 bridgehead atoms. The van der Waals surface area contributed by atoms with Gasteiger partial charge in [0.2, 0.25) is 0 Å². The summed E-state index contributed by atoms with van der Waals surface area (Å²) in [6, 6.07) is 14.7. The number of hydrogen-bond donors (Lipinski definition) is 1. The van der Waals surface area contributed by atoms with E-state index >= 15 is 0 Å². The molecule has 0 aliphatic carbocycles. The van der Waals surface area contributed by atoms with Gasteiger partial charge in [-0.2, -0.15) is 0 Å². The summed E-state index contributed by atoms with van der Waals surface area (Å²) in [6.07, 6.45) is 1.82. The van der Waals surface area contributed by atoms with Crippen LogP contribution in [-0.2, 0) is 9.53 Å². The number of esters is 1. The third-order valence-electron chi connectivity index (χ3n) is 3.42. The third kappa shape index (κ3) is 2.63. The van der Waals surface area contributed by atoms with Crippen LogP contribution in [0.1, 0.15) is 28.4 Å². The van der Waals surface area contributed by atoms with Gasteiger partial charge in [0.1, 0.15) is 0 Å². The molecular formula is C18H15NO3. The summed E-state index contributed by atoms with van der Waals surface area (Å²) in [7, 11) is 0. The molecule has 0 unspecified atom stereocenters. The Morgan fingerprint density at radius 2 is 1.95 bits per heavy atom. The SMILES string of the molecule is CCOC(=O)c1ccc2c(c1)/C(=C/c1ccccc1)C(=O)N2. The van der Waals surface area contributed by atoms with Crippen LogP contribution < -0.4 is 5.32 Å². The maximum atomic E-state index is 12.1. The molecule has 2 aromatic carbocycles. The van der Waals surface area contributed by atoms with Crippen LogP contribution in [-0.4, -0.2) is 18.5 Å². The first kappa shape index (κ1) is 14.1. The topological polar surface area (TPSA) is 55.4 Å². The highest BCUT2D eigenvalue weighted by atomic mass is 16.5. The number of carbonyl (C=O) groups is 2. The van der Waals surface area contributed by atoms with Crippen LogP contribution in [0.15, 0.2) is 48.5 Å². The average molecular weight is 293 g/mol. The first-order valence-corrected chi connectivity index (χ1v) is 7.08. The van der Waals surface area contributed by atoms with Gasteiger partial charge in [-0.3, -0.25) is 4.79 Å². The first-order chi connectivity index (χ1) is 10.7. The number of carbonyl (C=O) groups excluding carboxylic acids is 2. The number of hydrogen-bond acceptors (Lipinski definition) is 3. The lowest BCUT2D eigenvalue weighted by Crippen LogP contribution is -2.04. The summed E-state index contributed by atoms with van der Waals surface area (Å²) in [5, 5.41) is 2.81. The van der Waals surface area contributed by atoms with Gasteiger partial charge in [-0.1, -0.05) is 30.3 Å². The molecule has 1 aliphatic rings. The van der Waals surface area contributed by atoms with E-state index in [0.29, 0.717) is 23.4 Å². The predicted octanol–water partition coefficient (Wildman–Crippen LogP) is 3.36. The van der Waals surface area contributed by atoms with E-state index in [2.05, 4.69) is 5.32 Å². The molecule has 22 heavy (non-hydrogen) atoms. The number of rotatable bonds is 3. The minimum atomic E-state index is -0.385. The van der Waals surface area contributed by atoms with Crippen molar-refractivity contribution in [2.75, 3.05) is 11.9 Å². The van der Waals surface area contributed by atoms with Crippen molar-refractivity contribution in [1.82, 2.24) is 0 Å². The van der Waals surface area contributed by atoms with E-state index in [4.69, 9.17) is 4.74 Å². The van der Waals surface area contributed by atoms with E-state index in [1.807, 2.05) is 36.4 Å². The average Bonchev–Trinajstić information content (AvgIpc) is 2.84. The van der Waals surface area contributed by atoms with Crippen LogP contribution in [0.4, 0.5) is 5.69 Å². The molecule has 0 saturated heterocycles. The lowest BCUT2D eigenvalue weighted by Gasteiger charge is -2.04. The highest BCUT2D eigenvalue weighted by Crippen LogP contribution is 2.33. The number of benzene rings is 2. The lowest BCUT2D eigenvalue weighted by atomic mass is 10.0. The molecule has 0 aromatic heterocycles. The summed E-state index contributed by atoms with van der Waals surface area (Å²) >= 11 is 0. The van der Waals surface area contributed by atoms with E-state index in [1.54, 1.807) is 25.1 Å². The van der Waals surface area contributed by atoms with E-state index in [0.717, 1.165) is 11.1 Å². The van der Waals surface area contributed by atoms with E-state index in [1.165, 1.54) is 0 Å². The van der Waals surface area contributed by atoms with Crippen molar-refractivity contribution in [2.24, 2.45) is 0 Å². The Morgan fingerprint density at radius 3 is 2.68 bits per heavy atom. The molecule has 1 heterocycles. The quantitative estimate of drug-likeness (QED) is 0.697. The fourth-order valence-corrected chi connectivity index (χ4v) is 2.39. The van der Waals surface area contributed by atoms with Gasteiger partial charge < -0.3 is 10.1 Å². The highest BCUT2D eigenvalue weighted by molar-refractivity contribution is 6.35. The lowest BCUT2D eigenvalue weighted by molar-refractivity contribution is -0.110. The van der Waals surface area contributed by atoms with E-state index < -0.39 is 0 Å². The predicted molar refractivity (Wildman–Crippen MR) is 85.3 cm³/mol. The number of amides is 1. The van der Waals surface area contributed by atoms with Gasteiger partial charge in [0.25, 0.3) is 5.91 Å². The van der Waals surface area contributed by atoms with Crippen molar-refractivity contribution in [2.45, 2.75) is 6.92 Å². The molecule has 4 heteroatoms. The summed E-state index contributed by atoms with van der Waals surface area (Å²) in [4.78, 5) is 24.0. The van der Waals surface area contributed by atoms with Crippen molar-refractivity contribution < 1.29 is 14.3 Å². The molecule has 0 saturated carbocycles. The third-order valence-corrected chi connectivity index (χ3v) is 3.42. The molecule has 3 rings (SSSR count). The molecule has 1 aliphatic heterocycles. The summed E-state index contributed by atoms with van der Waals surface area (Å²) in [5.41, 5.74) is 3.35. The van der Waals surface area contributed by atoms with E-state index in [-0.39, 0.29) is 11.9 Å². The van der Waals surface area contributed by atoms with Crippen molar-refractivity contribution in [1.29, 1.82) is 0 Å². The highest BCUT2D eigenvalue weighted by Gasteiger charge is 2.25. The molecule has 1 N–H and O–H groups in total. The first-order valence-electron chi connectivity index (χ1n) is 7.08. The van der Waals surface area contributed by atoms with Crippen LogP contribution in [0.3, 0.4) is 0 Å². The van der Waals surface area contributed by atoms with Gasteiger partial charge in [0.15, 0.2) is 0 Å². The maximum Gasteiger partial charge on any atom is 0.338 e. The molecule has 4 nitrogen and oxygen atoms in total. The standard InChI is InChI=1S/C18H15NO3/c1-2-22-18(21)13-8-9-16-14(11-13)15(17(20)19-16)10-12-6-4-3-5-7-12/h3-11H,2H2,1H3,(H,19,20)/b15-10-. The molecular weight excluding hydrogens is 278 g/mol. The second kappa shape index (κ2) is 5.85. The summed E-state index contributed by atoms with van der Waals surface area (Å²) < 4.78 is 5.00. The maximum absolute atomic E-state index is 12.1. The number of fused-ring (bicyclic) bond motifs is 1. The Morgan fingerprint density at radius 1 is 1.18 bits per heavy atom. The Hall–Kier alpha value is -2.88. The van der Waals surface area contributed by atoms with Gasteiger partial charge in [0.05, 0.1) is 12.2 Å². The number of nitrogens with one attached hydrogen (secondary N) is 1. The molecule has 0 radical (unpaired) electrons. The van der Waals surface area contributed by atoms with Crippen LogP contribution in [0.2, 0.25) is 0 Å². The van der Waals surface area contributed by atoms with Crippen molar-refractivity contribution in [3.05, 3.63) is 65.2 Å². The van der Waals surface area contributed by atoms with Crippen LogP contribution in [0.25, 0.3) is 11.6 Å². The Bertz CT molecular complexity index is 763. The van der Waals surface area contributed by atoms with Crippen LogP contribution >= 0.6 is 0 Å². The largest absolute Gasteiger partial charge is 0.462 e. The summed E-state index contributed by atoms with van der Waals surface area (Å²) in [5.74, 6) is -0.552. The Balaban J connectivity index is 2.03. The second-order valence-electron chi connectivity index (χ2n) is 4.90. The zero-order valence-corrected chi connectivity index (χ0v) is 12.1. The van der Waals surface area contributed by atoms with E-state index in [9.17, 15) is 9.59 Å². The second-order valence-corrected chi connectivity index (χ2v) is 4.90. The van der Waals surface area contributed by atoms with Gasteiger partial charge in [-0.25, -0.2) is 4.79 Å². The van der Waals surface area contributed by atoms with Crippen LogP contribution in [0.5, 0.6) is 0 Å². The Kier molecular flexibility index (Phi) is 3.74. The molecule has 110 valence electrons. The fourth-order valence-electron chi connectivity index (χ4n) is 2.39. The number of ether oxygens (including phenoxy) is 1. The van der Waals surface area contributed by atoms with Gasteiger partial charge >= 0.3 is 5.97 Å². The van der Waals surface area contributed by atoms with Gasteiger partial charge in [-0.05, 0) is 36.8 Å². The number of anilines is 1. The monoisotopic (exact) mass is 293 g/mol. The molecule has 0 atom stereocenters. The molecule has 0 fully saturated rings. The van der Waals surface area contributed by atoms with Crippen molar-refractivity contribution >= 4 is 29.2 Å². The smallest absolute Gasteiger partial charge is 0.338 e. The minimum Gasteiger partial charge on any atom is -0.462 e. The fraction of sp³-hybridized carbons (Fsp3) is 0.111. The van der Waals surface area contributed by atoms with Gasteiger partial charge in [-0.15, -0.1) is 0 Å². The molecule has 1 amide bonds. The summed E-state index contributed by atoms with van der Waals surface area (Å²) in [6.45, 7) is 2.08. The van der Waals surface area contributed by atoms with Crippen molar-refractivity contribution in [3.8, 4) is 0 Å². The zero-order valence-electron chi connectivity index (χ0n) is 12.1. The Labute approximate surface area is 128 Å². The molecule has 0 spiro atoms. The molecule has 2 aromatic rings. The van der Waals surface area contributed by atoms with Crippen LogP contribution in [0, 0.1) is 0 Å². The normalized spacial score (nSPS) is 14.6.